The molecular weight excluding hydrogens is 182 g/mol. The summed E-state index contributed by atoms with van der Waals surface area (Å²) in [6.07, 6.45) is 0. The fraction of sp³-hybridized carbons (Fsp3) is 0.143. The number of benzene rings is 1. The van der Waals surface area contributed by atoms with Gasteiger partial charge >= 0.3 is 5.75 Å². The van der Waals surface area contributed by atoms with Crippen LogP contribution in [-0.4, -0.2) is 5.75 Å². The van der Waals surface area contributed by atoms with E-state index in [0.717, 1.165) is 0 Å². The summed E-state index contributed by atoms with van der Waals surface area (Å²) in [5, 5.41) is 0. The molecule has 0 unspecified atom stereocenters. The molecular formula is C7H7BCl2O. The number of rotatable bonds is 2. The third kappa shape index (κ3) is 3.04. The number of hydrogen-bond donors (Lipinski definition) is 0. The molecule has 0 saturated carbocycles. The van der Waals surface area contributed by atoms with Crippen LogP contribution in [0.3, 0.4) is 0 Å². The SMILES string of the molecule is Cc1ccc(OB(Cl)Cl)cc1. The first-order chi connectivity index (χ1) is 5.18. The van der Waals surface area contributed by atoms with Crippen LogP contribution < -0.4 is 4.65 Å². The van der Waals surface area contributed by atoms with Crippen molar-refractivity contribution in [3.8, 4) is 5.75 Å². The lowest BCUT2D eigenvalue weighted by Crippen LogP contribution is -2.04. The van der Waals surface area contributed by atoms with Gasteiger partial charge in [0.15, 0.2) is 0 Å². The van der Waals surface area contributed by atoms with Crippen LogP contribution >= 0.6 is 22.9 Å². The van der Waals surface area contributed by atoms with Crippen molar-refractivity contribution in [2.75, 3.05) is 0 Å². The van der Waals surface area contributed by atoms with Gasteiger partial charge in [0.25, 0.3) is 0 Å². The third-order valence-electron chi connectivity index (χ3n) is 1.25. The Morgan fingerprint density at radius 3 is 2.18 bits per heavy atom. The van der Waals surface area contributed by atoms with Crippen molar-refractivity contribution < 1.29 is 4.65 Å². The van der Waals surface area contributed by atoms with Crippen LogP contribution in [0.2, 0.25) is 0 Å². The normalized spacial score (nSPS) is 9.36. The van der Waals surface area contributed by atoms with E-state index in [4.69, 9.17) is 27.6 Å². The maximum Gasteiger partial charge on any atom is 0.576 e. The minimum Gasteiger partial charge on any atom is -0.534 e. The molecule has 0 N–H and O–H groups in total. The third-order valence-corrected chi connectivity index (χ3v) is 1.42. The largest absolute Gasteiger partial charge is 0.576 e. The fourth-order valence-electron chi connectivity index (χ4n) is 0.720. The quantitative estimate of drug-likeness (QED) is 0.649. The summed E-state index contributed by atoms with van der Waals surface area (Å²) in [4.78, 5) is 0. The highest BCUT2D eigenvalue weighted by atomic mass is 35.5. The van der Waals surface area contributed by atoms with Crippen LogP contribution in [0.1, 0.15) is 5.56 Å². The molecule has 0 aliphatic heterocycles. The molecule has 0 heterocycles. The van der Waals surface area contributed by atoms with E-state index in [0.29, 0.717) is 5.75 Å². The Balaban J connectivity index is 2.66. The van der Waals surface area contributed by atoms with E-state index in [9.17, 15) is 0 Å². The Morgan fingerprint density at radius 1 is 1.18 bits per heavy atom. The molecule has 0 bridgehead atoms. The van der Waals surface area contributed by atoms with Crippen molar-refractivity contribution >= 4 is 28.7 Å². The molecule has 0 radical (unpaired) electrons. The molecule has 0 aromatic heterocycles. The van der Waals surface area contributed by atoms with Gasteiger partial charge in [-0.2, -0.15) is 0 Å². The minimum absolute atomic E-state index is 0.686. The highest BCUT2D eigenvalue weighted by Crippen LogP contribution is 2.14. The van der Waals surface area contributed by atoms with Gasteiger partial charge in [0.2, 0.25) is 0 Å². The lowest BCUT2D eigenvalue weighted by atomic mass is 10.2. The van der Waals surface area contributed by atoms with Gasteiger partial charge in [0, 0.05) is 0 Å². The zero-order valence-electron chi connectivity index (χ0n) is 6.05. The van der Waals surface area contributed by atoms with Gasteiger partial charge in [-0.1, -0.05) is 17.7 Å². The number of hydrogen-bond acceptors (Lipinski definition) is 1. The van der Waals surface area contributed by atoms with Crippen molar-refractivity contribution in [3.05, 3.63) is 29.8 Å². The molecule has 0 aliphatic rings. The highest BCUT2D eigenvalue weighted by molar-refractivity contribution is 7.31. The first kappa shape index (κ1) is 8.76. The van der Waals surface area contributed by atoms with Gasteiger partial charge in [-0.3, -0.25) is 0 Å². The van der Waals surface area contributed by atoms with Gasteiger partial charge in [-0.15, -0.1) is 22.9 Å². The second-order valence-corrected chi connectivity index (χ2v) is 3.21. The predicted octanol–water partition coefficient (Wildman–Crippen LogP) is 2.84. The smallest absolute Gasteiger partial charge is 0.534 e. The number of aryl methyl sites for hydroxylation is 1. The summed E-state index contributed by atoms with van der Waals surface area (Å²) in [6.45, 7) is 2.00. The summed E-state index contributed by atoms with van der Waals surface area (Å²) in [6, 6.07) is 7.52. The molecule has 58 valence electrons. The van der Waals surface area contributed by atoms with Gasteiger partial charge < -0.3 is 4.65 Å². The summed E-state index contributed by atoms with van der Waals surface area (Å²) in [7, 11) is 0. The van der Waals surface area contributed by atoms with Crippen LogP contribution in [0.15, 0.2) is 24.3 Å². The van der Waals surface area contributed by atoms with Crippen LogP contribution in [0.5, 0.6) is 5.75 Å². The maximum absolute atomic E-state index is 5.40. The molecule has 0 aliphatic carbocycles. The highest BCUT2D eigenvalue weighted by Gasteiger charge is 2.08. The molecule has 0 fully saturated rings. The fourth-order valence-corrected chi connectivity index (χ4v) is 0.925. The second kappa shape index (κ2) is 3.89. The van der Waals surface area contributed by atoms with Crippen molar-refractivity contribution in [3.63, 3.8) is 0 Å². The molecule has 1 rings (SSSR count). The van der Waals surface area contributed by atoms with E-state index in [-0.39, 0.29) is 0 Å². The zero-order valence-corrected chi connectivity index (χ0v) is 7.56. The summed E-state index contributed by atoms with van der Waals surface area (Å²) >= 11 is 10.8. The van der Waals surface area contributed by atoms with Gasteiger partial charge in [0.05, 0.1) is 0 Å². The molecule has 1 aromatic carbocycles. The summed E-state index contributed by atoms with van der Waals surface area (Å²) < 4.78 is 5.00. The molecule has 0 saturated heterocycles. The standard InChI is InChI=1S/C7H7BCl2O/c1-6-2-4-7(5-3-6)11-8(9)10/h2-5H,1H3. The predicted molar refractivity (Wildman–Crippen MR) is 49.3 cm³/mol. The number of halogens is 2. The molecule has 1 aromatic rings. The Labute approximate surface area is 76.2 Å². The van der Waals surface area contributed by atoms with Crippen LogP contribution in [0.4, 0.5) is 0 Å². The Hall–Kier alpha value is -0.335. The van der Waals surface area contributed by atoms with Crippen molar-refractivity contribution in [2.45, 2.75) is 6.92 Å². The van der Waals surface area contributed by atoms with Crippen LogP contribution in [-0.2, 0) is 0 Å². The monoisotopic (exact) mass is 188 g/mol. The Kier molecular flexibility index (Phi) is 3.09. The lowest BCUT2D eigenvalue weighted by molar-refractivity contribution is 0.603. The molecule has 0 amide bonds. The second-order valence-electron chi connectivity index (χ2n) is 2.19. The molecule has 0 spiro atoms. The van der Waals surface area contributed by atoms with Crippen LogP contribution in [0.25, 0.3) is 0 Å². The summed E-state index contributed by atoms with van der Waals surface area (Å²) in [5.41, 5.74) is 1.18. The van der Waals surface area contributed by atoms with Gasteiger partial charge in [0.1, 0.15) is 5.75 Å². The molecule has 11 heavy (non-hydrogen) atoms. The van der Waals surface area contributed by atoms with E-state index in [1.54, 1.807) is 0 Å². The van der Waals surface area contributed by atoms with Crippen molar-refractivity contribution in [1.82, 2.24) is 0 Å². The summed E-state index contributed by atoms with van der Waals surface area (Å²) in [5.74, 6) is -0.108. The van der Waals surface area contributed by atoms with Gasteiger partial charge in [-0.05, 0) is 19.1 Å². The molecule has 1 nitrogen and oxygen atoms in total. The van der Waals surface area contributed by atoms with E-state index in [1.165, 1.54) is 5.56 Å². The molecule has 0 atom stereocenters. The van der Waals surface area contributed by atoms with E-state index < -0.39 is 5.75 Å². The van der Waals surface area contributed by atoms with E-state index in [1.807, 2.05) is 31.2 Å². The Bertz CT molecular complexity index is 222. The van der Waals surface area contributed by atoms with Crippen LogP contribution in [0, 0.1) is 6.92 Å². The van der Waals surface area contributed by atoms with Crippen molar-refractivity contribution in [2.24, 2.45) is 0 Å². The molecule has 4 heteroatoms. The topological polar surface area (TPSA) is 9.23 Å². The Morgan fingerprint density at radius 2 is 1.73 bits per heavy atom. The minimum atomic E-state index is -0.794. The lowest BCUT2D eigenvalue weighted by Gasteiger charge is -2.03. The average Bonchev–Trinajstić information content (AvgIpc) is 1.93. The van der Waals surface area contributed by atoms with E-state index in [2.05, 4.69) is 0 Å². The first-order valence-electron chi connectivity index (χ1n) is 3.20. The van der Waals surface area contributed by atoms with Crippen molar-refractivity contribution in [1.29, 1.82) is 0 Å². The average molecular weight is 189 g/mol. The van der Waals surface area contributed by atoms with E-state index >= 15 is 0 Å². The first-order valence-corrected chi connectivity index (χ1v) is 4.07. The van der Waals surface area contributed by atoms with Gasteiger partial charge in [-0.25, -0.2) is 0 Å². The maximum atomic E-state index is 5.40. The zero-order chi connectivity index (χ0) is 8.27.